The molecule has 1 fully saturated rings. The maximum absolute atomic E-state index is 5.80. The molecule has 1 unspecified atom stereocenters. The summed E-state index contributed by atoms with van der Waals surface area (Å²) in [5.74, 6) is 0. The molecule has 2 rings (SSSR count). The lowest BCUT2D eigenvalue weighted by molar-refractivity contribution is 0.104. The lowest BCUT2D eigenvalue weighted by Crippen LogP contribution is -2.49. The van der Waals surface area contributed by atoms with Crippen LogP contribution in [0.1, 0.15) is 30.7 Å². The van der Waals surface area contributed by atoms with Crippen molar-refractivity contribution in [2.45, 2.75) is 37.9 Å². The molecule has 14 heavy (non-hydrogen) atoms. The average molecular weight is 210 g/mol. The monoisotopic (exact) mass is 210 g/mol. The maximum atomic E-state index is 5.80. The molecule has 2 N–H and O–H groups in total. The zero-order chi connectivity index (χ0) is 10.1. The average Bonchev–Trinajstić information content (AvgIpc) is 2.63. The predicted octanol–water partition coefficient (Wildman–Crippen LogP) is 2.23. The topological polar surface area (TPSA) is 29.3 Å². The molecule has 2 nitrogen and oxygen atoms in total. The van der Waals surface area contributed by atoms with Gasteiger partial charge in [-0.1, -0.05) is 6.07 Å². The summed E-state index contributed by atoms with van der Waals surface area (Å²) in [6, 6.07) is 6.01. The molecule has 0 saturated heterocycles. The molecule has 1 heterocycles. The molecule has 0 amide bonds. The molecule has 1 aliphatic rings. The molecule has 0 radical (unpaired) electrons. The largest absolute Gasteiger partial charge is 0.328 e. The highest BCUT2D eigenvalue weighted by atomic mass is 32.1. The van der Waals surface area contributed by atoms with Crippen LogP contribution in [-0.4, -0.2) is 24.0 Å². The quantitative estimate of drug-likeness (QED) is 0.829. The third kappa shape index (κ3) is 1.85. The maximum Gasteiger partial charge on any atom is 0.0413 e. The summed E-state index contributed by atoms with van der Waals surface area (Å²) in [5.41, 5.74) is 5.80. The summed E-state index contributed by atoms with van der Waals surface area (Å²) >= 11 is 1.84. The van der Waals surface area contributed by atoms with Crippen molar-refractivity contribution >= 4 is 11.3 Å². The fourth-order valence-corrected chi connectivity index (χ4v) is 2.84. The lowest BCUT2D eigenvalue weighted by atomic mass is 9.86. The summed E-state index contributed by atoms with van der Waals surface area (Å²) in [7, 11) is 2.21. The van der Waals surface area contributed by atoms with E-state index in [0.717, 1.165) is 12.8 Å². The molecule has 78 valence electrons. The predicted molar refractivity (Wildman–Crippen MR) is 61.5 cm³/mol. The van der Waals surface area contributed by atoms with Crippen molar-refractivity contribution in [3.8, 4) is 0 Å². The van der Waals surface area contributed by atoms with Gasteiger partial charge in [-0.05, 0) is 38.3 Å². The van der Waals surface area contributed by atoms with Gasteiger partial charge in [-0.2, -0.15) is 0 Å². The van der Waals surface area contributed by atoms with E-state index in [0.29, 0.717) is 18.1 Å². The molecule has 1 atom stereocenters. The smallest absolute Gasteiger partial charge is 0.0413 e. The van der Waals surface area contributed by atoms with Crippen molar-refractivity contribution in [3.63, 3.8) is 0 Å². The minimum Gasteiger partial charge on any atom is -0.328 e. The van der Waals surface area contributed by atoms with Crippen molar-refractivity contribution in [2.24, 2.45) is 5.73 Å². The highest BCUT2D eigenvalue weighted by Gasteiger charge is 2.31. The standard InChI is InChI=1S/C11H18N2S/c1-8(11-4-3-5-14-11)13(2)10-6-9(12)7-10/h3-5,8-10H,6-7,12H2,1-2H3. The van der Waals surface area contributed by atoms with Gasteiger partial charge in [0.1, 0.15) is 0 Å². The van der Waals surface area contributed by atoms with Crippen LogP contribution in [-0.2, 0) is 0 Å². The van der Waals surface area contributed by atoms with Gasteiger partial charge in [0, 0.05) is 23.0 Å². The molecule has 1 saturated carbocycles. The van der Waals surface area contributed by atoms with E-state index in [9.17, 15) is 0 Å². The van der Waals surface area contributed by atoms with Crippen LogP contribution < -0.4 is 5.73 Å². The van der Waals surface area contributed by atoms with Gasteiger partial charge in [0.15, 0.2) is 0 Å². The first-order valence-electron chi connectivity index (χ1n) is 5.19. The zero-order valence-corrected chi connectivity index (χ0v) is 9.63. The fourth-order valence-electron chi connectivity index (χ4n) is 2.01. The Balaban J connectivity index is 1.95. The van der Waals surface area contributed by atoms with Crippen LogP contribution in [0.15, 0.2) is 17.5 Å². The molecule has 1 aromatic rings. The van der Waals surface area contributed by atoms with Crippen molar-refractivity contribution in [1.82, 2.24) is 4.90 Å². The van der Waals surface area contributed by atoms with Gasteiger partial charge in [-0.25, -0.2) is 0 Å². The first kappa shape index (κ1) is 10.1. The third-order valence-corrected chi connectivity index (χ3v) is 4.33. The molecular formula is C11H18N2S. The Labute approximate surface area is 89.7 Å². The Morgan fingerprint density at radius 3 is 2.79 bits per heavy atom. The summed E-state index contributed by atoms with van der Waals surface area (Å²) in [5, 5.41) is 2.15. The molecule has 0 bridgehead atoms. The number of rotatable bonds is 3. The van der Waals surface area contributed by atoms with Crippen LogP contribution in [0.5, 0.6) is 0 Å². The Morgan fingerprint density at radius 1 is 1.57 bits per heavy atom. The van der Waals surface area contributed by atoms with E-state index < -0.39 is 0 Å². The van der Waals surface area contributed by atoms with Crippen molar-refractivity contribution < 1.29 is 0 Å². The van der Waals surface area contributed by atoms with E-state index in [1.54, 1.807) is 0 Å². The second kappa shape index (κ2) is 4.01. The van der Waals surface area contributed by atoms with Gasteiger partial charge >= 0.3 is 0 Å². The van der Waals surface area contributed by atoms with Gasteiger partial charge < -0.3 is 5.73 Å². The number of thiophene rings is 1. The van der Waals surface area contributed by atoms with Crippen LogP contribution in [0.25, 0.3) is 0 Å². The van der Waals surface area contributed by atoms with E-state index in [4.69, 9.17) is 5.73 Å². The minimum atomic E-state index is 0.443. The fraction of sp³-hybridized carbons (Fsp3) is 0.636. The molecule has 0 spiro atoms. The molecule has 0 aromatic carbocycles. The van der Waals surface area contributed by atoms with E-state index in [-0.39, 0.29) is 0 Å². The van der Waals surface area contributed by atoms with Crippen LogP contribution in [0.2, 0.25) is 0 Å². The molecule has 0 aliphatic heterocycles. The summed E-state index contributed by atoms with van der Waals surface area (Å²) in [4.78, 5) is 3.91. The van der Waals surface area contributed by atoms with Crippen LogP contribution in [0.4, 0.5) is 0 Å². The van der Waals surface area contributed by atoms with E-state index >= 15 is 0 Å². The number of nitrogens with zero attached hydrogens (tertiary/aromatic N) is 1. The van der Waals surface area contributed by atoms with E-state index in [1.807, 2.05) is 11.3 Å². The second-order valence-corrected chi connectivity index (χ2v) is 5.22. The SMILES string of the molecule is CC(c1cccs1)N(C)C1CC(N)C1. The Bertz CT molecular complexity index is 277. The van der Waals surface area contributed by atoms with Gasteiger partial charge in [0.25, 0.3) is 0 Å². The summed E-state index contributed by atoms with van der Waals surface area (Å²) in [6.45, 7) is 2.27. The van der Waals surface area contributed by atoms with Crippen molar-refractivity contribution in [1.29, 1.82) is 0 Å². The van der Waals surface area contributed by atoms with Gasteiger partial charge in [-0.15, -0.1) is 11.3 Å². The summed E-state index contributed by atoms with van der Waals surface area (Å²) in [6.07, 6.45) is 2.32. The zero-order valence-electron chi connectivity index (χ0n) is 8.81. The first-order chi connectivity index (χ1) is 6.68. The highest BCUT2D eigenvalue weighted by molar-refractivity contribution is 7.10. The normalized spacial score (nSPS) is 28.9. The molecular weight excluding hydrogens is 192 g/mol. The Morgan fingerprint density at radius 2 is 2.29 bits per heavy atom. The van der Waals surface area contributed by atoms with Crippen LogP contribution in [0.3, 0.4) is 0 Å². The van der Waals surface area contributed by atoms with Crippen molar-refractivity contribution in [3.05, 3.63) is 22.4 Å². The highest BCUT2D eigenvalue weighted by Crippen LogP contribution is 2.31. The van der Waals surface area contributed by atoms with E-state index in [2.05, 4.69) is 36.4 Å². The van der Waals surface area contributed by atoms with E-state index in [1.165, 1.54) is 4.88 Å². The van der Waals surface area contributed by atoms with Crippen LogP contribution >= 0.6 is 11.3 Å². The number of hydrogen-bond donors (Lipinski definition) is 1. The van der Waals surface area contributed by atoms with Gasteiger partial charge in [0.2, 0.25) is 0 Å². The van der Waals surface area contributed by atoms with Crippen molar-refractivity contribution in [2.75, 3.05) is 7.05 Å². The van der Waals surface area contributed by atoms with Gasteiger partial charge in [0.05, 0.1) is 0 Å². The first-order valence-corrected chi connectivity index (χ1v) is 6.07. The van der Waals surface area contributed by atoms with Crippen LogP contribution in [0, 0.1) is 0 Å². The lowest BCUT2D eigenvalue weighted by Gasteiger charge is -2.42. The molecule has 1 aromatic heterocycles. The Hall–Kier alpha value is -0.380. The third-order valence-electron chi connectivity index (χ3n) is 3.29. The number of hydrogen-bond acceptors (Lipinski definition) is 3. The Kier molecular flexibility index (Phi) is 2.91. The minimum absolute atomic E-state index is 0.443. The number of nitrogens with two attached hydrogens (primary N) is 1. The molecule has 3 heteroatoms. The van der Waals surface area contributed by atoms with Gasteiger partial charge in [-0.3, -0.25) is 4.90 Å². The summed E-state index contributed by atoms with van der Waals surface area (Å²) < 4.78 is 0. The molecule has 1 aliphatic carbocycles. The second-order valence-electron chi connectivity index (χ2n) is 4.24.